The van der Waals surface area contributed by atoms with Crippen LogP contribution in [0.4, 0.5) is 0 Å². The summed E-state index contributed by atoms with van der Waals surface area (Å²) in [6.45, 7) is 3.73. The standard InChI is InChI=1S/C64H120NO8P/c1-3-5-7-9-11-13-15-17-18-19-20-21-22-23-24-25-26-27-28-29-30-31-32-33-34-35-36-37-38-39-40-41-42-43-44-45-47-49-51-53-55-57-64(67)73-62(61-72-74(68,69)71-59-58-65)60-70-63(66)56-54-52-50-48-46-16-14-12-10-8-6-4-2/h12,14-15,17,19-20,22-23,62H,3-11,13,16,18,21,24-61,65H2,1-2H3,(H,68,69)/b14-12-,17-15-,20-19-,23-22-. The van der Waals surface area contributed by atoms with Crippen molar-refractivity contribution in [2.24, 2.45) is 5.73 Å². The summed E-state index contributed by atoms with van der Waals surface area (Å²) >= 11 is 0. The van der Waals surface area contributed by atoms with Gasteiger partial charge in [0.2, 0.25) is 0 Å². The predicted molar refractivity (Wildman–Crippen MR) is 317 cm³/mol. The number of carbonyl (C=O) groups is 2. The SMILES string of the molecule is CCCCC/C=C\CCCCCCCC(=O)OCC(COP(=O)(O)OCCN)OC(=O)CCCCCCCCCCCCCCCCCCCCCCCCCCCC/C=C\C/C=C\C/C=C\CCCCCCC. The third kappa shape index (κ3) is 59.2. The molecule has 0 aromatic rings. The van der Waals surface area contributed by atoms with Gasteiger partial charge in [0.15, 0.2) is 6.10 Å². The molecule has 0 radical (unpaired) electrons. The summed E-state index contributed by atoms with van der Waals surface area (Å²) in [4.78, 5) is 35.1. The van der Waals surface area contributed by atoms with Gasteiger partial charge in [-0.25, -0.2) is 4.57 Å². The Morgan fingerprint density at radius 2 is 0.703 bits per heavy atom. The lowest BCUT2D eigenvalue weighted by Gasteiger charge is -2.19. The van der Waals surface area contributed by atoms with Crippen LogP contribution in [0.2, 0.25) is 0 Å². The lowest BCUT2D eigenvalue weighted by atomic mass is 10.0. The fourth-order valence-corrected chi connectivity index (χ4v) is 9.99. The molecule has 2 unspecified atom stereocenters. The monoisotopic (exact) mass is 1060 g/mol. The average molecular weight is 1060 g/mol. The van der Waals surface area contributed by atoms with Crippen LogP contribution in [0.5, 0.6) is 0 Å². The molecule has 0 aromatic carbocycles. The highest BCUT2D eigenvalue weighted by atomic mass is 31.2. The molecule has 0 aromatic heterocycles. The lowest BCUT2D eigenvalue weighted by molar-refractivity contribution is -0.161. The van der Waals surface area contributed by atoms with E-state index in [1.54, 1.807) is 0 Å². The molecule has 2 atom stereocenters. The van der Waals surface area contributed by atoms with E-state index in [1.807, 2.05) is 0 Å². The molecule has 0 heterocycles. The summed E-state index contributed by atoms with van der Waals surface area (Å²) in [6, 6.07) is 0. The van der Waals surface area contributed by atoms with Crippen molar-refractivity contribution in [2.45, 2.75) is 322 Å². The van der Waals surface area contributed by atoms with Crippen molar-refractivity contribution in [3.8, 4) is 0 Å². The normalized spacial score (nSPS) is 13.3. The second kappa shape index (κ2) is 60.2. The molecule has 0 spiro atoms. The topological polar surface area (TPSA) is 134 Å². The summed E-state index contributed by atoms with van der Waals surface area (Å²) in [7, 11) is -4.38. The first-order valence-electron chi connectivity index (χ1n) is 31.6. The third-order valence-electron chi connectivity index (χ3n) is 13.9. The highest BCUT2D eigenvalue weighted by Gasteiger charge is 2.26. The highest BCUT2D eigenvalue weighted by Crippen LogP contribution is 2.43. The van der Waals surface area contributed by atoms with Gasteiger partial charge in [-0.15, -0.1) is 0 Å². The molecule has 0 bridgehead atoms. The zero-order chi connectivity index (χ0) is 53.8. The molecule has 74 heavy (non-hydrogen) atoms. The molecule has 0 saturated heterocycles. The second-order valence-corrected chi connectivity index (χ2v) is 22.7. The molecule has 434 valence electrons. The number of hydrogen-bond acceptors (Lipinski definition) is 8. The van der Waals surface area contributed by atoms with Crippen molar-refractivity contribution in [3.63, 3.8) is 0 Å². The molecular formula is C64H120NO8P. The number of unbranched alkanes of at least 4 members (excludes halogenated alkanes) is 39. The van der Waals surface area contributed by atoms with Gasteiger partial charge in [-0.2, -0.15) is 0 Å². The number of rotatable bonds is 60. The first-order valence-corrected chi connectivity index (χ1v) is 33.1. The predicted octanol–water partition coefficient (Wildman–Crippen LogP) is 20.1. The molecule has 0 aliphatic heterocycles. The van der Waals surface area contributed by atoms with Crippen LogP contribution in [0, 0.1) is 0 Å². The second-order valence-electron chi connectivity index (χ2n) is 21.3. The van der Waals surface area contributed by atoms with Crippen LogP contribution in [0.3, 0.4) is 0 Å². The van der Waals surface area contributed by atoms with E-state index in [9.17, 15) is 19.0 Å². The summed E-state index contributed by atoms with van der Waals surface area (Å²) in [5.74, 6) is -0.826. The lowest BCUT2D eigenvalue weighted by Crippen LogP contribution is -2.29. The van der Waals surface area contributed by atoms with Gasteiger partial charge in [-0.3, -0.25) is 18.6 Å². The number of phosphoric acid groups is 1. The number of nitrogens with two attached hydrogens (primary N) is 1. The smallest absolute Gasteiger partial charge is 0.462 e. The Labute approximate surface area is 457 Å². The van der Waals surface area contributed by atoms with Gasteiger partial charge in [0.05, 0.1) is 13.2 Å². The largest absolute Gasteiger partial charge is 0.472 e. The van der Waals surface area contributed by atoms with Crippen LogP contribution in [0.25, 0.3) is 0 Å². The Hall–Kier alpha value is -2.03. The van der Waals surface area contributed by atoms with Gasteiger partial charge in [0.1, 0.15) is 6.61 Å². The van der Waals surface area contributed by atoms with E-state index in [1.165, 1.54) is 218 Å². The maximum absolute atomic E-state index is 12.7. The van der Waals surface area contributed by atoms with Crippen molar-refractivity contribution in [2.75, 3.05) is 26.4 Å². The van der Waals surface area contributed by atoms with Crippen LogP contribution in [-0.2, 0) is 32.7 Å². The number of ether oxygens (including phenoxy) is 2. The van der Waals surface area contributed by atoms with Gasteiger partial charge in [0, 0.05) is 19.4 Å². The molecule has 0 saturated carbocycles. The van der Waals surface area contributed by atoms with Crippen LogP contribution < -0.4 is 5.73 Å². The van der Waals surface area contributed by atoms with Gasteiger partial charge in [-0.05, 0) is 77.0 Å². The minimum atomic E-state index is -4.38. The summed E-state index contributed by atoms with van der Waals surface area (Å²) < 4.78 is 33.0. The average Bonchev–Trinajstić information content (AvgIpc) is 3.39. The molecule has 0 aliphatic carbocycles. The van der Waals surface area contributed by atoms with Gasteiger partial charge < -0.3 is 20.1 Å². The summed E-state index contributed by atoms with van der Waals surface area (Å²) in [6.07, 6.45) is 75.1. The van der Waals surface area contributed by atoms with E-state index in [2.05, 4.69) is 62.5 Å². The summed E-state index contributed by atoms with van der Waals surface area (Å²) in [5.41, 5.74) is 5.37. The Balaban J connectivity index is 3.71. The van der Waals surface area contributed by atoms with Crippen LogP contribution >= 0.6 is 7.82 Å². The molecule has 3 N–H and O–H groups in total. The Bertz CT molecular complexity index is 1350. The van der Waals surface area contributed by atoms with Crippen molar-refractivity contribution >= 4 is 19.8 Å². The maximum atomic E-state index is 12.7. The quantitative estimate of drug-likeness (QED) is 0.0264. The molecule has 10 heteroatoms. The fourth-order valence-electron chi connectivity index (χ4n) is 9.23. The first kappa shape index (κ1) is 72.0. The molecule has 0 rings (SSSR count). The minimum Gasteiger partial charge on any atom is -0.462 e. The van der Waals surface area contributed by atoms with Crippen molar-refractivity contribution in [3.05, 3.63) is 48.6 Å². The van der Waals surface area contributed by atoms with E-state index in [4.69, 9.17) is 24.3 Å². The van der Waals surface area contributed by atoms with Crippen molar-refractivity contribution in [1.29, 1.82) is 0 Å². The third-order valence-corrected chi connectivity index (χ3v) is 14.9. The van der Waals surface area contributed by atoms with E-state index in [0.717, 1.165) is 64.2 Å². The number of hydrogen-bond donors (Lipinski definition) is 2. The van der Waals surface area contributed by atoms with Crippen molar-refractivity contribution in [1.82, 2.24) is 0 Å². The van der Waals surface area contributed by atoms with Crippen LogP contribution in [0.1, 0.15) is 316 Å². The highest BCUT2D eigenvalue weighted by molar-refractivity contribution is 7.47. The number of esters is 2. The fraction of sp³-hybridized carbons (Fsp3) is 0.844. The van der Waals surface area contributed by atoms with E-state index in [-0.39, 0.29) is 38.6 Å². The zero-order valence-electron chi connectivity index (χ0n) is 48.6. The Morgan fingerprint density at radius 1 is 0.405 bits per heavy atom. The summed E-state index contributed by atoms with van der Waals surface area (Å²) in [5, 5.41) is 0. The van der Waals surface area contributed by atoms with Gasteiger partial charge >= 0.3 is 19.8 Å². The Morgan fingerprint density at radius 3 is 1.08 bits per heavy atom. The van der Waals surface area contributed by atoms with Crippen molar-refractivity contribution < 1.29 is 37.6 Å². The van der Waals surface area contributed by atoms with E-state index in [0.29, 0.717) is 6.42 Å². The molecule has 0 aliphatic rings. The minimum absolute atomic E-state index is 0.0537. The number of phosphoric ester groups is 1. The maximum Gasteiger partial charge on any atom is 0.472 e. The number of allylic oxidation sites excluding steroid dienone is 8. The molecule has 9 nitrogen and oxygen atoms in total. The zero-order valence-corrected chi connectivity index (χ0v) is 49.5. The molecule has 0 amide bonds. The Kier molecular flexibility index (Phi) is 58.6. The van der Waals surface area contributed by atoms with Crippen LogP contribution in [0.15, 0.2) is 48.6 Å². The van der Waals surface area contributed by atoms with E-state index < -0.39 is 26.5 Å². The number of carbonyl (C=O) groups excluding carboxylic acids is 2. The molecule has 0 fully saturated rings. The van der Waals surface area contributed by atoms with Gasteiger partial charge in [-0.1, -0.05) is 274 Å². The first-order chi connectivity index (χ1) is 36.3. The van der Waals surface area contributed by atoms with Gasteiger partial charge in [0.25, 0.3) is 0 Å². The van der Waals surface area contributed by atoms with E-state index >= 15 is 0 Å². The van der Waals surface area contributed by atoms with Crippen LogP contribution in [-0.4, -0.2) is 49.3 Å². The molecular weight excluding hydrogens is 942 g/mol.